The molecule has 0 radical (unpaired) electrons. The molecular weight excluding hydrogens is 306 g/mol. The highest BCUT2D eigenvalue weighted by Gasteiger charge is 2.36. The third kappa shape index (κ3) is 2.92. The Kier molecular flexibility index (Phi) is 4.15. The van der Waals surface area contributed by atoms with E-state index in [1.54, 1.807) is 4.90 Å². The molecule has 0 saturated heterocycles. The van der Waals surface area contributed by atoms with Crippen molar-refractivity contribution in [3.05, 3.63) is 34.7 Å². The predicted octanol–water partition coefficient (Wildman–Crippen LogP) is 3.59. The second-order valence-corrected chi connectivity index (χ2v) is 7.60. The summed E-state index contributed by atoms with van der Waals surface area (Å²) in [6, 6.07) is 7.85. The molecule has 1 aromatic heterocycles. The van der Waals surface area contributed by atoms with E-state index in [-0.39, 0.29) is 17.8 Å². The van der Waals surface area contributed by atoms with E-state index in [2.05, 4.69) is 4.98 Å². The number of carboxylic acid groups (broad SMARTS) is 1. The topological polar surface area (TPSA) is 78.3 Å². The predicted molar refractivity (Wildman–Crippen MR) is 93.5 cm³/mol. The number of carbonyl (C=O) groups is 1. The van der Waals surface area contributed by atoms with Gasteiger partial charge in [0.2, 0.25) is 0 Å². The quantitative estimate of drug-likeness (QED) is 0.882. The Labute approximate surface area is 141 Å². The van der Waals surface area contributed by atoms with Crippen LogP contribution in [-0.2, 0) is 0 Å². The summed E-state index contributed by atoms with van der Waals surface area (Å²) in [5.41, 5.74) is 1.29. The van der Waals surface area contributed by atoms with Crippen LogP contribution in [0.5, 0.6) is 0 Å². The van der Waals surface area contributed by atoms with Crippen molar-refractivity contribution in [3.8, 4) is 0 Å². The van der Waals surface area contributed by atoms with Gasteiger partial charge in [-0.1, -0.05) is 12.1 Å². The Hall–Kier alpha value is -2.24. The lowest BCUT2D eigenvalue weighted by Crippen LogP contribution is -2.52. The van der Waals surface area contributed by atoms with Crippen molar-refractivity contribution in [2.75, 3.05) is 0 Å². The molecule has 1 aliphatic rings. The summed E-state index contributed by atoms with van der Waals surface area (Å²) < 4.78 is 1.84. The van der Waals surface area contributed by atoms with Crippen LogP contribution in [0.2, 0.25) is 0 Å². The third-order valence-corrected chi connectivity index (χ3v) is 4.95. The lowest BCUT2D eigenvalue weighted by atomic mass is 9.88. The molecule has 1 aromatic carbocycles. The maximum Gasteiger partial charge on any atom is 0.407 e. The van der Waals surface area contributed by atoms with Gasteiger partial charge in [0.1, 0.15) is 0 Å². The van der Waals surface area contributed by atoms with Crippen molar-refractivity contribution in [1.29, 1.82) is 0 Å². The number of aromatic amines is 1. The first-order chi connectivity index (χ1) is 11.3. The Balaban J connectivity index is 1.81. The van der Waals surface area contributed by atoms with Crippen LogP contribution in [0.25, 0.3) is 11.0 Å². The van der Waals surface area contributed by atoms with E-state index in [4.69, 9.17) is 0 Å². The van der Waals surface area contributed by atoms with Crippen molar-refractivity contribution in [2.24, 2.45) is 0 Å². The van der Waals surface area contributed by atoms with Crippen LogP contribution in [0.4, 0.5) is 4.79 Å². The van der Waals surface area contributed by atoms with Crippen molar-refractivity contribution in [3.63, 3.8) is 0 Å². The minimum absolute atomic E-state index is 0.0136. The normalized spacial score (nSPS) is 21.8. The maximum absolute atomic E-state index is 12.3. The molecule has 6 nitrogen and oxygen atoms in total. The van der Waals surface area contributed by atoms with Crippen LogP contribution in [-0.4, -0.2) is 37.2 Å². The zero-order valence-corrected chi connectivity index (χ0v) is 14.5. The van der Waals surface area contributed by atoms with Gasteiger partial charge in [0, 0.05) is 17.6 Å². The van der Waals surface area contributed by atoms with Crippen LogP contribution in [0, 0.1) is 0 Å². The molecule has 0 bridgehead atoms. The number of amides is 1. The fraction of sp³-hybridized carbons (Fsp3) is 0.556. The monoisotopic (exact) mass is 331 g/mol. The number of aromatic nitrogens is 2. The number of imidazole rings is 1. The Morgan fingerprint density at radius 3 is 2.42 bits per heavy atom. The molecule has 2 aromatic rings. The summed E-state index contributed by atoms with van der Waals surface area (Å²) >= 11 is 0. The van der Waals surface area contributed by atoms with Crippen molar-refractivity contribution >= 4 is 17.1 Å². The molecule has 1 heterocycles. The summed E-state index contributed by atoms with van der Waals surface area (Å²) in [5, 5.41) is 9.56. The first-order valence-corrected chi connectivity index (χ1v) is 8.50. The zero-order chi connectivity index (χ0) is 17.5. The Morgan fingerprint density at radius 1 is 1.21 bits per heavy atom. The molecule has 1 aliphatic carbocycles. The van der Waals surface area contributed by atoms with Gasteiger partial charge in [0.05, 0.1) is 11.0 Å². The molecular formula is C18H25N3O3. The van der Waals surface area contributed by atoms with Crippen molar-refractivity contribution in [2.45, 2.75) is 64.1 Å². The number of para-hydroxylation sites is 2. The minimum Gasteiger partial charge on any atom is -0.465 e. The average molecular weight is 331 g/mol. The van der Waals surface area contributed by atoms with E-state index in [9.17, 15) is 14.7 Å². The largest absolute Gasteiger partial charge is 0.465 e. The molecule has 1 fully saturated rings. The van der Waals surface area contributed by atoms with Crippen LogP contribution >= 0.6 is 0 Å². The summed E-state index contributed by atoms with van der Waals surface area (Å²) in [5.74, 6) is 0. The standard InChI is InChI=1S/C18H25N3O3/c1-18(2,3)21(17(23)24)13-10-8-12(9-11-13)20-15-7-5-4-6-14(15)19-16(20)22/h4-7,12-13H,8-11H2,1-3H3,(H,19,22)(H,23,24). The average Bonchev–Trinajstić information content (AvgIpc) is 2.82. The van der Waals surface area contributed by atoms with E-state index in [0.717, 1.165) is 36.7 Å². The molecule has 130 valence electrons. The van der Waals surface area contributed by atoms with Gasteiger partial charge < -0.3 is 15.0 Å². The number of hydrogen-bond donors (Lipinski definition) is 2. The number of H-pyrrole nitrogens is 1. The first kappa shape index (κ1) is 16.6. The zero-order valence-electron chi connectivity index (χ0n) is 14.5. The van der Waals surface area contributed by atoms with Crippen molar-refractivity contribution in [1.82, 2.24) is 14.5 Å². The number of benzene rings is 1. The van der Waals surface area contributed by atoms with Gasteiger partial charge in [-0.05, 0) is 58.6 Å². The smallest absolute Gasteiger partial charge is 0.407 e. The molecule has 1 saturated carbocycles. The summed E-state index contributed by atoms with van der Waals surface area (Å²) in [4.78, 5) is 28.4. The van der Waals surface area contributed by atoms with Gasteiger partial charge in [-0.2, -0.15) is 0 Å². The molecule has 1 amide bonds. The third-order valence-electron chi connectivity index (χ3n) is 4.95. The van der Waals surface area contributed by atoms with Gasteiger partial charge in [-0.15, -0.1) is 0 Å². The summed E-state index contributed by atoms with van der Waals surface area (Å²) in [7, 11) is 0. The van der Waals surface area contributed by atoms with E-state index in [1.807, 2.05) is 49.6 Å². The summed E-state index contributed by atoms with van der Waals surface area (Å²) in [6.45, 7) is 5.78. The van der Waals surface area contributed by atoms with E-state index >= 15 is 0 Å². The summed E-state index contributed by atoms with van der Waals surface area (Å²) in [6.07, 6.45) is 2.31. The van der Waals surface area contributed by atoms with Crippen molar-refractivity contribution < 1.29 is 9.90 Å². The van der Waals surface area contributed by atoms with Gasteiger partial charge in [-0.3, -0.25) is 4.57 Å². The highest BCUT2D eigenvalue weighted by molar-refractivity contribution is 5.75. The number of nitrogens with zero attached hydrogens (tertiary/aromatic N) is 2. The highest BCUT2D eigenvalue weighted by Crippen LogP contribution is 2.34. The number of nitrogens with one attached hydrogen (secondary N) is 1. The second-order valence-electron chi connectivity index (χ2n) is 7.60. The van der Waals surface area contributed by atoms with E-state index < -0.39 is 11.6 Å². The molecule has 24 heavy (non-hydrogen) atoms. The number of fused-ring (bicyclic) bond motifs is 1. The molecule has 3 rings (SSSR count). The fourth-order valence-corrected chi connectivity index (χ4v) is 4.00. The molecule has 6 heteroatoms. The van der Waals surface area contributed by atoms with Gasteiger partial charge in [0.15, 0.2) is 0 Å². The first-order valence-electron chi connectivity index (χ1n) is 8.50. The minimum atomic E-state index is -0.866. The Bertz CT molecular complexity index is 792. The molecule has 0 spiro atoms. The lowest BCUT2D eigenvalue weighted by Gasteiger charge is -2.42. The van der Waals surface area contributed by atoms with Gasteiger partial charge in [-0.25, -0.2) is 9.59 Å². The molecule has 2 N–H and O–H groups in total. The molecule has 0 unspecified atom stereocenters. The lowest BCUT2D eigenvalue weighted by molar-refractivity contribution is 0.0512. The van der Waals surface area contributed by atoms with Gasteiger partial charge >= 0.3 is 11.8 Å². The van der Waals surface area contributed by atoms with Crippen LogP contribution in [0.1, 0.15) is 52.5 Å². The number of hydrogen-bond acceptors (Lipinski definition) is 2. The van der Waals surface area contributed by atoms with Crippen LogP contribution < -0.4 is 5.69 Å². The maximum atomic E-state index is 12.3. The molecule has 0 aliphatic heterocycles. The van der Waals surface area contributed by atoms with E-state index in [0.29, 0.717) is 0 Å². The van der Waals surface area contributed by atoms with Crippen LogP contribution in [0.3, 0.4) is 0 Å². The fourth-order valence-electron chi connectivity index (χ4n) is 4.00. The van der Waals surface area contributed by atoms with Crippen LogP contribution in [0.15, 0.2) is 29.1 Å². The SMILES string of the molecule is CC(C)(C)N(C(=O)O)C1CCC(n2c(=O)[nH]c3ccccc32)CC1. The van der Waals surface area contributed by atoms with E-state index in [1.165, 1.54) is 0 Å². The highest BCUT2D eigenvalue weighted by atomic mass is 16.4. The van der Waals surface area contributed by atoms with Gasteiger partial charge in [0.25, 0.3) is 0 Å². The number of rotatable bonds is 2. The Morgan fingerprint density at radius 2 is 1.83 bits per heavy atom. The molecule has 0 atom stereocenters. The second kappa shape index (κ2) is 6.00.